The van der Waals surface area contributed by atoms with Gasteiger partial charge in [-0.05, 0) is 25.1 Å². The molecular weight excluding hydrogens is 308 g/mol. The summed E-state index contributed by atoms with van der Waals surface area (Å²) in [5.74, 6) is 5.17. The van der Waals surface area contributed by atoms with Crippen molar-refractivity contribution in [2.75, 3.05) is 6.61 Å². The average molecular weight is 322 g/mol. The fraction of sp³-hybridized carbons (Fsp3) is 0.214. The van der Waals surface area contributed by atoms with Gasteiger partial charge < -0.3 is 5.11 Å². The van der Waals surface area contributed by atoms with Crippen molar-refractivity contribution in [2.24, 2.45) is 0 Å². The Morgan fingerprint density at radius 2 is 2.24 bits per heavy atom. The lowest BCUT2D eigenvalue weighted by Crippen LogP contribution is -2.23. The summed E-state index contributed by atoms with van der Waals surface area (Å²) in [7, 11) is -3.61. The number of thiazole rings is 1. The van der Waals surface area contributed by atoms with E-state index in [-0.39, 0.29) is 18.0 Å². The second-order valence-electron chi connectivity index (χ2n) is 4.18. The maximum atomic E-state index is 12.2. The molecule has 2 aromatic rings. The number of aliphatic hydroxyl groups excluding tert-OH is 1. The third-order valence-electron chi connectivity index (χ3n) is 2.54. The predicted octanol–water partition coefficient (Wildman–Crippen LogP) is 1.27. The van der Waals surface area contributed by atoms with Crippen LogP contribution in [0.3, 0.4) is 0 Å². The zero-order chi connectivity index (χ0) is 15.3. The van der Waals surface area contributed by atoms with E-state index in [1.807, 2.05) is 6.92 Å². The maximum absolute atomic E-state index is 12.2. The summed E-state index contributed by atoms with van der Waals surface area (Å²) in [6, 6.07) is 6.27. The fourth-order valence-corrected chi connectivity index (χ4v) is 3.46. The van der Waals surface area contributed by atoms with Crippen LogP contribution in [0.2, 0.25) is 0 Å². The van der Waals surface area contributed by atoms with E-state index in [9.17, 15) is 8.42 Å². The largest absolute Gasteiger partial charge is 0.384 e. The molecule has 21 heavy (non-hydrogen) atoms. The van der Waals surface area contributed by atoms with E-state index in [4.69, 9.17) is 5.11 Å². The van der Waals surface area contributed by atoms with Gasteiger partial charge >= 0.3 is 0 Å². The molecule has 2 N–H and O–H groups in total. The zero-order valence-corrected chi connectivity index (χ0v) is 13.0. The molecule has 0 radical (unpaired) electrons. The Morgan fingerprint density at radius 3 is 2.90 bits per heavy atom. The summed E-state index contributed by atoms with van der Waals surface area (Å²) in [5.41, 5.74) is 0.539. The minimum Gasteiger partial charge on any atom is -0.384 e. The summed E-state index contributed by atoms with van der Waals surface area (Å²) in [6.45, 7) is 1.81. The van der Waals surface area contributed by atoms with E-state index in [0.717, 1.165) is 4.88 Å². The molecule has 0 unspecified atom stereocenters. The van der Waals surface area contributed by atoms with Crippen molar-refractivity contribution in [1.82, 2.24) is 9.71 Å². The molecule has 1 aromatic carbocycles. The highest BCUT2D eigenvalue weighted by molar-refractivity contribution is 7.89. The van der Waals surface area contributed by atoms with Gasteiger partial charge in [0.15, 0.2) is 0 Å². The van der Waals surface area contributed by atoms with E-state index in [2.05, 4.69) is 21.5 Å². The lowest BCUT2D eigenvalue weighted by atomic mass is 10.2. The van der Waals surface area contributed by atoms with Crippen LogP contribution in [0.4, 0.5) is 0 Å². The standard InChI is InChI=1S/C14H14N2O3S2/c1-11-9-15-14(20-11)10-16-21(18,19)13-6-2-4-12(8-13)5-3-7-17/h2,4,6,8-9,16-17H,7,10H2,1H3. The van der Waals surface area contributed by atoms with Crippen molar-refractivity contribution < 1.29 is 13.5 Å². The third-order valence-corrected chi connectivity index (χ3v) is 4.85. The molecule has 0 bridgehead atoms. The summed E-state index contributed by atoms with van der Waals surface area (Å²) in [6.07, 6.45) is 1.71. The predicted molar refractivity (Wildman–Crippen MR) is 81.3 cm³/mol. The van der Waals surface area contributed by atoms with Gasteiger partial charge in [0.1, 0.15) is 11.6 Å². The van der Waals surface area contributed by atoms with Crippen molar-refractivity contribution in [3.05, 3.63) is 45.9 Å². The fourth-order valence-electron chi connectivity index (χ4n) is 1.61. The second kappa shape index (κ2) is 6.83. The molecule has 0 spiro atoms. The molecule has 0 amide bonds. The van der Waals surface area contributed by atoms with Gasteiger partial charge in [-0.15, -0.1) is 11.3 Å². The Hall–Kier alpha value is -1.72. The molecule has 1 heterocycles. The second-order valence-corrected chi connectivity index (χ2v) is 7.26. The van der Waals surface area contributed by atoms with Crippen molar-refractivity contribution in [3.63, 3.8) is 0 Å². The maximum Gasteiger partial charge on any atom is 0.240 e. The Bertz CT molecular complexity index is 786. The highest BCUT2D eigenvalue weighted by Crippen LogP contribution is 2.14. The molecule has 0 atom stereocenters. The van der Waals surface area contributed by atoms with Crippen LogP contribution in [0.1, 0.15) is 15.4 Å². The van der Waals surface area contributed by atoms with Crippen molar-refractivity contribution in [1.29, 1.82) is 0 Å². The number of aromatic nitrogens is 1. The number of sulfonamides is 1. The van der Waals surface area contributed by atoms with Crippen LogP contribution in [-0.4, -0.2) is 25.1 Å². The van der Waals surface area contributed by atoms with E-state index >= 15 is 0 Å². The van der Waals surface area contributed by atoms with Gasteiger partial charge in [-0.3, -0.25) is 0 Å². The molecular formula is C14H14N2O3S2. The Labute approximate surface area is 127 Å². The molecule has 5 nitrogen and oxygen atoms in total. The van der Waals surface area contributed by atoms with Crippen molar-refractivity contribution in [3.8, 4) is 11.8 Å². The van der Waals surface area contributed by atoms with Gasteiger partial charge in [0.05, 0.1) is 11.4 Å². The third kappa shape index (κ3) is 4.37. The van der Waals surface area contributed by atoms with Gasteiger partial charge in [0, 0.05) is 16.6 Å². The zero-order valence-electron chi connectivity index (χ0n) is 11.3. The molecule has 110 valence electrons. The van der Waals surface area contributed by atoms with Crippen LogP contribution in [-0.2, 0) is 16.6 Å². The molecule has 0 aliphatic rings. The molecule has 0 aliphatic carbocycles. The van der Waals surface area contributed by atoms with Crippen LogP contribution in [0.25, 0.3) is 0 Å². The first-order chi connectivity index (χ1) is 10.0. The molecule has 7 heteroatoms. The van der Waals surface area contributed by atoms with Gasteiger partial charge in [-0.25, -0.2) is 18.1 Å². The Morgan fingerprint density at radius 1 is 1.43 bits per heavy atom. The van der Waals surface area contributed by atoms with Crippen LogP contribution in [0.15, 0.2) is 35.4 Å². The highest BCUT2D eigenvalue weighted by atomic mass is 32.2. The lowest BCUT2D eigenvalue weighted by Gasteiger charge is -2.05. The van der Waals surface area contributed by atoms with Crippen LogP contribution in [0.5, 0.6) is 0 Å². The number of rotatable bonds is 4. The molecule has 1 aromatic heterocycles. The van der Waals surface area contributed by atoms with Gasteiger partial charge in [0.2, 0.25) is 10.0 Å². The van der Waals surface area contributed by atoms with Crippen molar-refractivity contribution >= 4 is 21.4 Å². The minimum atomic E-state index is -3.61. The highest BCUT2D eigenvalue weighted by Gasteiger charge is 2.14. The summed E-state index contributed by atoms with van der Waals surface area (Å²) < 4.78 is 26.9. The first kappa shape index (κ1) is 15.7. The number of nitrogens with zero attached hydrogens (tertiary/aromatic N) is 1. The normalized spacial score (nSPS) is 11.0. The van der Waals surface area contributed by atoms with Crippen LogP contribution in [0, 0.1) is 18.8 Å². The van der Waals surface area contributed by atoms with Crippen LogP contribution >= 0.6 is 11.3 Å². The Balaban J connectivity index is 2.15. The van der Waals surface area contributed by atoms with Gasteiger partial charge in [0.25, 0.3) is 0 Å². The number of aryl methyl sites for hydroxylation is 1. The molecule has 2 rings (SSSR count). The number of hydrogen-bond donors (Lipinski definition) is 2. The molecule has 0 fully saturated rings. The first-order valence-corrected chi connectivity index (χ1v) is 8.42. The topological polar surface area (TPSA) is 79.3 Å². The molecule has 0 saturated carbocycles. The van der Waals surface area contributed by atoms with E-state index in [1.165, 1.54) is 23.5 Å². The number of nitrogens with one attached hydrogen (secondary N) is 1. The Kier molecular flexibility index (Phi) is 5.09. The average Bonchev–Trinajstić information content (AvgIpc) is 2.89. The summed E-state index contributed by atoms with van der Waals surface area (Å²) >= 11 is 1.45. The first-order valence-electron chi connectivity index (χ1n) is 6.12. The summed E-state index contributed by atoms with van der Waals surface area (Å²) in [4.78, 5) is 5.28. The van der Waals surface area contributed by atoms with Gasteiger partial charge in [-0.1, -0.05) is 17.9 Å². The monoisotopic (exact) mass is 322 g/mol. The minimum absolute atomic E-state index is 0.139. The van der Waals surface area contributed by atoms with E-state index in [0.29, 0.717) is 10.6 Å². The van der Waals surface area contributed by atoms with E-state index < -0.39 is 10.0 Å². The molecule has 0 aliphatic heterocycles. The quantitative estimate of drug-likeness (QED) is 0.831. The number of aliphatic hydroxyl groups is 1. The van der Waals surface area contributed by atoms with E-state index in [1.54, 1.807) is 18.3 Å². The number of hydrogen-bond acceptors (Lipinski definition) is 5. The van der Waals surface area contributed by atoms with Gasteiger partial charge in [-0.2, -0.15) is 0 Å². The van der Waals surface area contributed by atoms with Crippen LogP contribution < -0.4 is 4.72 Å². The number of benzene rings is 1. The molecule has 0 saturated heterocycles. The lowest BCUT2D eigenvalue weighted by molar-refractivity contribution is 0.350. The summed E-state index contributed by atoms with van der Waals surface area (Å²) in [5, 5.41) is 9.37. The smallest absolute Gasteiger partial charge is 0.240 e. The van der Waals surface area contributed by atoms with Crippen molar-refractivity contribution in [2.45, 2.75) is 18.4 Å². The SMILES string of the molecule is Cc1cnc(CNS(=O)(=O)c2cccc(C#CCO)c2)s1.